The van der Waals surface area contributed by atoms with Gasteiger partial charge in [0.05, 0.1) is 34.1 Å². The van der Waals surface area contributed by atoms with Gasteiger partial charge in [-0.1, -0.05) is 6.07 Å². The van der Waals surface area contributed by atoms with Crippen molar-refractivity contribution < 1.29 is 13.9 Å². The molecule has 0 radical (unpaired) electrons. The van der Waals surface area contributed by atoms with Crippen molar-refractivity contribution in [1.29, 1.82) is 0 Å². The van der Waals surface area contributed by atoms with Crippen LogP contribution in [0.2, 0.25) is 0 Å². The molecule has 4 aromatic rings. The molecule has 31 heavy (non-hydrogen) atoms. The van der Waals surface area contributed by atoms with E-state index in [0.717, 1.165) is 21.6 Å². The normalized spacial score (nSPS) is 12.3. The number of aliphatic hydroxyl groups is 1. The van der Waals surface area contributed by atoms with E-state index in [1.54, 1.807) is 26.0 Å². The Balaban J connectivity index is 1.67. The van der Waals surface area contributed by atoms with Gasteiger partial charge in [0.25, 0.3) is 0 Å². The molecular weight excluding hydrogens is 422 g/mol. The van der Waals surface area contributed by atoms with Crippen LogP contribution < -0.4 is 0 Å². The Morgan fingerprint density at radius 2 is 1.84 bits per heavy atom. The van der Waals surface area contributed by atoms with Gasteiger partial charge in [-0.3, -0.25) is 4.90 Å². The number of halogens is 2. The number of aryl methyl sites for hydroxylation is 1. The zero-order valence-electron chi connectivity index (χ0n) is 17.6. The highest BCUT2D eigenvalue weighted by atomic mass is 32.1. The SMILES string of the molecule is Cc1nc(CN(C)CC(C)(C)O)sc1-c1cccc(-c2cc(F)c3n[nH]nc3c2F)n1. The second-order valence-corrected chi connectivity index (χ2v) is 9.24. The molecule has 3 aromatic heterocycles. The maximum Gasteiger partial charge on any atom is 0.162 e. The molecule has 0 atom stereocenters. The number of aromatic nitrogens is 5. The van der Waals surface area contributed by atoms with E-state index < -0.39 is 17.2 Å². The maximum atomic E-state index is 14.9. The van der Waals surface area contributed by atoms with Gasteiger partial charge in [0.2, 0.25) is 0 Å². The Labute approximate surface area is 181 Å². The van der Waals surface area contributed by atoms with E-state index in [2.05, 4.69) is 25.4 Å². The number of nitrogens with one attached hydrogen (secondary N) is 1. The summed E-state index contributed by atoms with van der Waals surface area (Å²) in [5.41, 5.74) is 0.650. The van der Waals surface area contributed by atoms with Crippen LogP contribution in [0.5, 0.6) is 0 Å². The number of hydrogen-bond acceptors (Lipinski definition) is 7. The third-order valence-corrected chi connectivity index (χ3v) is 5.81. The Morgan fingerprint density at radius 1 is 1.13 bits per heavy atom. The van der Waals surface area contributed by atoms with E-state index in [0.29, 0.717) is 24.5 Å². The zero-order chi connectivity index (χ0) is 22.3. The van der Waals surface area contributed by atoms with Crippen molar-refractivity contribution >= 4 is 22.4 Å². The third-order valence-electron chi connectivity index (χ3n) is 4.65. The first-order chi connectivity index (χ1) is 14.6. The lowest BCUT2D eigenvalue weighted by molar-refractivity contribution is 0.0424. The van der Waals surface area contributed by atoms with Crippen LogP contribution in [0.1, 0.15) is 24.5 Å². The Kier molecular flexibility index (Phi) is 5.54. The molecule has 10 heteroatoms. The molecule has 0 aliphatic carbocycles. The zero-order valence-corrected chi connectivity index (χ0v) is 18.4. The van der Waals surface area contributed by atoms with Crippen molar-refractivity contribution in [2.45, 2.75) is 32.9 Å². The number of hydrogen-bond donors (Lipinski definition) is 2. The molecule has 3 heterocycles. The van der Waals surface area contributed by atoms with Crippen molar-refractivity contribution in [2.75, 3.05) is 13.6 Å². The van der Waals surface area contributed by atoms with Crippen molar-refractivity contribution in [1.82, 2.24) is 30.3 Å². The lowest BCUT2D eigenvalue weighted by Gasteiger charge is -2.24. The summed E-state index contributed by atoms with van der Waals surface area (Å²) < 4.78 is 29.2. The van der Waals surface area contributed by atoms with Crippen molar-refractivity contribution in [3.63, 3.8) is 0 Å². The van der Waals surface area contributed by atoms with Crippen molar-refractivity contribution in [3.05, 3.63) is 46.6 Å². The summed E-state index contributed by atoms with van der Waals surface area (Å²) >= 11 is 1.49. The Bertz CT molecular complexity index is 1250. The minimum atomic E-state index is -0.802. The monoisotopic (exact) mass is 444 g/mol. The van der Waals surface area contributed by atoms with Gasteiger partial charge in [0.15, 0.2) is 22.7 Å². The summed E-state index contributed by atoms with van der Waals surface area (Å²) in [5.74, 6) is -1.34. The van der Waals surface area contributed by atoms with Crippen LogP contribution in [0.4, 0.5) is 8.78 Å². The first-order valence-electron chi connectivity index (χ1n) is 9.66. The van der Waals surface area contributed by atoms with E-state index in [-0.39, 0.29) is 16.6 Å². The molecule has 0 bridgehead atoms. The topological polar surface area (TPSA) is 90.8 Å². The van der Waals surface area contributed by atoms with Crippen LogP contribution in [0.15, 0.2) is 24.3 Å². The van der Waals surface area contributed by atoms with Gasteiger partial charge >= 0.3 is 0 Å². The van der Waals surface area contributed by atoms with Crippen LogP contribution in [-0.4, -0.2) is 54.6 Å². The fourth-order valence-corrected chi connectivity index (χ4v) is 4.65. The standard InChI is InChI=1S/C21H22F2N6OS/c1-11-20(31-16(24-11)9-29(4)10-21(2,3)30)15-7-5-6-14(25-15)12-8-13(22)18-19(17(12)23)27-28-26-18/h5-8,30H,9-10H2,1-4H3,(H,26,27,28). The van der Waals surface area contributed by atoms with Crippen molar-refractivity contribution in [2.24, 2.45) is 0 Å². The number of nitrogens with zero attached hydrogens (tertiary/aromatic N) is 5. The number of benzene rings is 1. The van der Waals surface area contributed by atoms with Crippen LogP contribution >= 0.6 is 11.3 Å². The van der Waals surface area contributed by atoms with E-state index in [4.69, 9.17) is 0 Å². The number of fused-ring (bicyclic) bond motifs is 1. The fraction of sp³-hybridized carbons (Fsp3) is 0.333. The summed E-state index contributed by atoms with van der Waals surface area (Å²) in [6.07, 6.45) is 0. The fourth-order valence-electron chi connectivity index (χ4n) is 3.54. The van der Waals surface area contributed by atoms with Crippen LogP contribution in [0, 0.1) is 18.6 Å². The predicted molar refractivity (Wildman–Crippen MR) is 116 cm³/mol. The first kappa shape index (κ1) is 21.4. The quantitative estimate of drug-likeness (QED) is 0.468. The smallest absolute Gasteiger partial charge is 0.162 e. The second-order valence-electron chi connectivity index (χ2n) is 8.16. The molecule has 2 N–H and O–H groups in total. The summed E-state index contributed by atoms with van der Waals surface area (Å²) in [6, 6.07) is 6.28. The molecule has 0 aliphatic heterocycles. The average molecular weight is 445 g/mol. The molecular formula is C21H22F2N6OS. The molecule has 0 unspecified atom stereocenters. The molecule has 4 rings (SSSR count). The van der Waals surface area contributed by atoms with Gasteiger partial charge in [-0.25, -0.2) is 18.7 Å². The van der Waals surface area contributed by atoms with Gasteiger partial charge in [-0.2, -0.15) is 15.4 Å². The number of thiazole rings is 1. The van der Waals surface area contributed by atoms with Crippen LogP contribution in [0.25, 0.3) is 32.9 Å². The molecule has 0 fully saturated rings. The van der Waals surface area contributed by atoms with Gasteiger partial charge in [0.1, 0.15) is 5.01 Å². The van der Waals surface area contributed by atoms with E-state index >= 15 is 0 Å². The minimum Gasteiger partial charge on any atom is -0.389 e. The predicted octanol–water partition coefficient (Wildman–Crippen LogP) is 3.93. The van der Waals surface area contributed by atoms with Gasteiger partial charge in [0, 0.05) is 12.1 Å². The van der Waals surface area contributed by atoms with Crippen molar-refractivity contribution in [3.8, 4) is 21.8 Å². The van der Waals surface area contributed by atoms with E-state index in [1.165, 1.54) is 11.3 Å². The largest absolute Gasteiger partial charge is 0.389 e. The summed E-state index contributed by atoms with van der Waals surface area (Å²) in [4.78, 5) is 12.1. The number of pyridine rings is 1. The molecule has 0 saturated carbocycles. The Morgan fingerprint density at radius 3 is 2.58 bits per heavy atom. The van der Waals surface area contributed by atoms with Crippen LogP contribution in [-0.2, 0) is 6.54 Å². The number of likely N-dealkylation sites (N-methyl/N-ethyl adjacent to an activating group) is 1. The number of H-pyrrole nitrogens is 1. The number of aromatic amines is 1. The molecule has 0 spiro atoms. The molecule has 0 amide bonds. The van der Waals surface area contributed by atoms with Crippen LogP contribution in [0.3, 0.4) is 0 Å². The van der Waals surface area contributed by atoms with E-state index in [9.17, 15) is 13.9 Å². The van der Waals surface area contributed by atoms with E-state index in [1.807, 2.05) is 24.9 Å². The summed E-state index contributed by atoms with van der Waals surface area (Å²) in [6.45, 7) is 6.49. The second kappa shape index (κ2) is 8.03. The highest BCUT2D eigenvalue weighted by molar-refractivity contribution is 7.15. The highest BCUT2D eigenvalue weighted by Crippen LogP contribution is 2.33. The molecule has 0 saturated heterocycles. The third kappa shape index (κ3) is 4.46. The summed E-state index contributed by atoms with van der Waals surface area (Å²) in [5, 5.41) is 20.5. The lowest BCUT2D eigenvalue weighted by atomic mass is 10.1. The lowest BCUT2D eigenvalue weighted by Crippen LogP contribution is -2.35. The summed E-state index contributed by atoms with van der Waals surface area (Å²) in [7, 11) is 1.92. The van der Waals surface area contributed by atoms with Gasteiger partial charge < -0.3 is 5.11 Å². The first-order valence-corrected chi connectivity index (χ1v) is 10.5. The molecule has 0 aliphatic rings. The molecule has 1 aromatic carbocycles. The van der Waals surface area contributed by atoms with Gasteiger partial charge in [-0.05, 0) is 46.0 Å². The average Bonchev–Trinajstić information content (AvgIpc) is 3.30. The molecule has 162 valence electrons. The minimum absolute atomic E-state index is 0.0213. The maximum absolute atomic E-state index is 14.9. The number of rotatable bonds is 6. The Hall–Kier alpha value is -2.82. The highest BCUT2D eigenvalue weighted by Gasteiger charge is 2.20. The molecule has 7 nitrogen and oxygen atoms in total. The van der Waals surface area contributed by atoms with Gasteiger partial charge in [-0.15, -0.1) is 11.3 Å².